The Bertz CT molecular complexity index is 228. The van der Waals surface area contributed by atoms with Gasteiger partial charge in [0.25, 0.3) is 0 Å². The van der Waals surface area contributed by atoms with Gasteiger partial charge in [-0.15, -0.1) is 0 Å². The Morgan fingerprint density at radius 2 is 1.63 bits per heavy atom. The first-order valence-corrected chi connectivity index (χ1v) is 8.51. The van der Waals surface area contributed by atoms with Crippen molar-refractivity contribution in [2.24, 2.45) is 11.7 Å². The van der Waals surface area contributed by atoms with Crippen LogP contribution in [0, 0.1) is 5.92 Å². The Labute approximate surface area is 119 Å². The van der Waals surface area contributed by atoms with Crippen molar-refractivity contribution in [3.05, 3.63) is 0 Å². The third-order valence-electron chi connectivity index (χ3n) is 5.10. The summed E-state index contributed by atoms with van der Waals surface area (Å²) in [6.45, 7) is 9.37. The largest absolute Gasteiger partial charge is 0.329 e. The number of hydrogen-bond donors (Lipinski definition) is 1. The third kappa shape index (κ3) is 4.44. The van der Waals surface area contributed by atoms with E-state index in [4.69, 9.17) is 5.73 Å². The number of rotatable bonds is 5. The summed E-state index contributed by atoms with van der Waals surface area (Å²) in [4.78, 5) is 5.30. The first-order valence-electron chi connectivity index (χ1n) is 8.51. The first-order chi connectivity index (χ1) is 9.35. The quantitative estimate of drug-likeness (QED) is 0.776. The molecule has 0 amide bonds. The van der Waals surface area contributed by atoms with E-state index in [1.54, 1.807) is 0 Å². The van der Waals surface area contributed by atoms with Gasteiger partial charge in [0, 0.05) is 38.8 Å². The van der Waals surface area contributed by atoms with Gasteiger partial charge >= 0.3 is 0 Å². The lowest BCUT2D eigenvalue weighted by atomic mass is 9.90. The zero-order chi connectivity index (χ0) is 13.5. The van der Waals surface area contributed by atoms with Crippen molar-refractivity contribution in [3.8, 4) is 0 Å². The van der Waals surface area contributed by atoms with Crippen molar-refractivity contribution in [2.45, 2.75) is 57.9 Å². The van der Waals surface area contributed by atoms with Gasteiger partial charge in [-0.1, -0.05) is 32.6 Å². The normalized spacial score (nSPS) is 26.2. The molecule has 112 valence electrons. The van der Waals surface area contributed by atoms with Gasteiger partial charge in [0.2, 0.25) is 0 Å². The van der Waals surface area contributed by atoms with Crippen LogP contribution in [0.4, 0.5) is 0 Å². The maximum atomic E-state index is 6.12. The lowest BCUT2D eigenvalue weighted by Gasteiger charge is -2.42. The van der Waals surface area contributed by atoms with Crippen molar-refractivity contribution >= 4 is 0 Å². The van der Waals surface area contributed by atoms with Gasteiger partial charge < -0.3 is 10.6 Å². The third-order valence-corrected chi connectivity index (χ3v) is 5.10. The Hall–Kier alpha value is -0.120. The molecule has 0 aromatic carbocycles. The molecule has 3 nitrogen and oxygen atoms in total. The first kappa shape index (κ1) is 15.3. The van der Waals surface area contributed by atoms with Crippen LogP contribution in [-0.4, -0.2) is 55.1 Å². The second kappa shape index (κ2) is 8.23. The fourth-order valence-electron chi connectivity index (χ4n) is 3.97. The zero-order valence-electron chi connectivity index (χ0n) is 12.8. The molecule has 1 aliphatic heterocycles. The Morgan fingerprint density at radius 3 is 2.16 bits per heavy atom. The second-order valence-electron chi connectivity index (χ2n) is 6.43. The summed E-state index contributed by atoms with van der Waals surface area (Å²) >= 11 is 0. The van der Waals surface area contributed by atoms with Gasteiger partial charge in [0.05, 0.1) is 0 Å². The molecule has 1 saturated heterocycles. The number of nitrogens with zero attached hydrogens (tertiary/aromatic N) is 2. The van der Waals surface area contributed by atoms with Gasteiger partial charge in [-0.3, -0.25) is 4.90 Å². The predicted octanol–water partition coefficient (Wildman–Crippen LogP) is 2.31. The Balaban J connectivity index is 1.84. The highest BCUT2D eigenvalue weighted by atomic mass is 15.3. The number of hydrogen-bond acceptors (Lipinski definition) is 3. The molecule has 0 aromatic heterocycles. The molecule has 2 aliphatic rings. The molecule has 0 bridgehead atoms. The Kier molecular flexibility index (Phi) is 6.62. The van der Waals surface area contributed by atoms with E-state index >= 15 is 0 Å². The molecule has 1 aliphatic carbocycles. The topological polar surface area (TPSA) is 32.5 Å². The Morgan fingerprint density at radius 1 is 1.00 bits per heavy atom. The van der Waals surface area contributed by atoms with E-state index in [0.717, 1.165) is 12.5 Å². The van der Waals surface area contributed by atoms with Gasteiger partial charge in [-0.25, -0.2) is 0 Å². The highest BCUT2D eigenvalue weighted by molar-refractivity contribution is 4.85. The van der Waals surface area contributed by atoms with Crippen LogP contribution in [0.5, 0.6) is 0 Å². The molecule has 2 N–H and O–H groups in total. The maximum Gasteiger partial charge on any atom is 0.0247 e. The SMILES string of the molecule is CCCN1CCN(C(CN)C2CCCCCC2)CC1. The minimum Gasteiger partial charge on any atom is -0.329 e. The van der Waals surface area contributed by atoms with Crippen LogP contribution in [0.1, 0.15) is 51.9 Å². The molecule has 1 heterocycles. The van der Waals surface area contributed by atoms with Crippen molar-refractivity contribution < 1.29 is 0 Å². The van der Waals surface area contributed by atoms with Crippen LogP contribution in [0.25, 0.3) is 0 Å². The molecule has 2 rings (SSSR count). The maximum absolute atomic E-state index is 6.12. The molecule has 0 radical (unpaired) electrons. The molecule has 3 heteroatoms. The minimum atomic E-state index is 0.655. The van der Waals surface area contributed by atoms with Crippen LogP contribution in [-0.2, 0) is 0 Å². The fraction of sp³-hybridized carbons (Fsp3) is 1.00. The molecular weight excluding hydrogens is 234 g/mol. The molecule has 1 atom stereocenters. The summed E-state index contributed by atoms with van der Waals surface area (Å²) in [7, 11) is 0. The fourth-order valence-corrected chi connectivity index (χ4v) is 3.97. The summed E-state index contributed by atoms with van der Waals surface area (Å²) in [5, 5.41) is 0. The summed E-state index contributed by atoms with van der Waals surface area (Å²) in [5.41, 5.74) is 6.12. The average Bonchev–Trinajstić information content (AvgIpc) is 2.71. The molecule has 2 fully saturated rings. The lowest BCUT2D eigenvalue weighted by Crippen LogP contribution is -2.54. The monoisotopic (exact) mass is 267 g/mol. The van der Waals surface area contributed by atoms with E-state index in [9.17, 15) is 0 Å². The average molecular weight is 267 g/mol. The van der Waals surface area contributed by atoms with Crippen LogP contribution < -0.4 is 5.73 Å². The second-order valence-corrected chi connectivity index (χ2v) is 6.43. The van der Waals surface area contributed by atoms with Crippen molar-refractivity contribution in [3.63, 3.8) is 0 Å². The van der Waals surface area contributed by atoms with E-state index in [1.165, 1.54) is 77.7 Å². The van der Waals surface area contributed by atoms with E-state index in [-0.39, 0.29) is 0 Å². The van der Waals surface area contributed by atoms with Gasteiger partial charge in [-0.2, -0.15) is 0 Å². The van der Waals surface area contributed by atoms with Crippen LogP contribution in [0.3, 0.4) is 0 Å². The molecule has 1 saturated carbocycles. The summed E-state index contributed by atoms with van der Waals surface area (Å²) in [6.07, 6.45) is 9.85. The highest BCUT2D eigenvalue weighted by Gasteiger charge is 2.29. The van der Waals surface area contributed by atoms with Crippen LogP contribution in [0.2, 0.25) is 0 Å². The smallest absolute Gasteiger partial charge is 0.0247 e. The zero-order valence-corrected chi connectivity index (χ0v) is 12.8. The van der Waals surface area contributed by atoms with Crippen molar-refractivity contribution in [2.75, 3.05) is 39.3 Å². The summed E-state index contributed by atoms with van der Waals surface area (Å²) in [5.74, 6) is 0.866. The van der Waals surface area contributed by atoms with Crippen molar-refractivity contribution in [1.29, 1.82) is 0 Å². The van der Waals surface area contributed by atoms with Gasteiger partial charge in [-0.05, 0) is 31.7 Å². The van der Waals surface area contributed by atoms with Crippen LogP contribution in [0.15, 0.2) is 0 Å². The van der Waals surface area contributed by atoms with Crippen molar-refractivity contribution in [1.82, 2.24) is 9.80 Å². The lowest BCUT2D eigenvalue weighted by molar-refractivity contribution is 0.0684. The van der Waals surface area contributed by atoms with E-state index in [0.29, 0.717) is 6.04 Å². The van der Waals surface area contributed by atoms with E-state index in [2.05, 4.69) is 16.7 Å². The van der Waals surface area contributed by atoms with Gasteiger partial charge in [0.1, 0.15) is 0 Å². The number of nitrogens with two attached hydrogens (primary N) is 1. The van der Waals surface area contributed by atoms with Gasteiger partial charge in [0.15, 0.2) is 0 Å². The van der Waals surface area contributed by atoms with Crippen LogP contribution >= 0.6 is 0 Å². The molecule has 1 unspecified atom stereocenters. The molecular formula is C16H33N3. The summed E-state index contributed by atoms with van der Waals surface area (Å²) < 4.78 is 0. The van der Waals surface area contributed by atoms with E-state index < -0.39 is 0 Å². The predicted molar refractivity (Wildman–Crippen MR) is 82.3 cm³/mol. The summed E-state index contributed by atoms with van der Waals surface area (Å²) in [6, 6.07) is 0.655. The standard InChI is InChI=1S/C16H33N3/c1-2-9-18-10-12-19(13-11-18)16(14-17)15-7-5-3-4-6-8-15/h15-16H,2-14,17H2,1H3. The minimum absolute atomic E-state index is 0.655. The molecule has 0 spiro atoms. The number of piperazine rings is 1. The molecule has 0 aromatic rings. The highest BCUT2D eigenvalue weighted by Crippen LogP contribution is 2.28. The molecule has 19 heavy (non-hydrogen) atoms. The van der Waals surface area contributed by atoms with E-state index in [1.807, 2.05) is 0 Å².